The van der Waals surface area contributed by atoms with Crippen molar-refractivity contribution in [3.63, 3.8) is 0 Å². The molecule has 1 N–H and O–H groups in total. The van der Waals surface area contributed by atoms with Crippen molar-refractivity contribution < 1.29 is 14.4 Å². The van der Waals surface area contributed by atoms with Crippen molar-refractivity contribution in [2.45, 2.75) is 25.8 Å². The summed E-state index contributed by atoms with van der Waals surface area (Å²) in [5.74, 6) is 1.45. The highest BCUT2D eigenvalue weighted by Crippen LogP contribution is 2.40. The van der Waals surface area contributed by atoms with Gasteiger partial charge >= 0.3 is 0 Å². The summed E-state index contributed by atoms with van der Waals surface area (Å²) in [6, 6.07) is 3.23. The maximum Gasteiger partial charge on any atom is 0.296 e. The molecule has 1 aliphatic rings. The summed E-state index contributed by atoms with van der Waals surface area (Å²) in [7, 11) is 2.97. The van der Waals surface area contributed by atoms with E-state index in [1.54, 1.807) is 6.07 Å². The normalized spacial score (nSPS) is 15.7. The molecule has 1 fully saturated rings. The van der Waals surface area contributed by atoms with Gasteiger partial charge in [-0.1, -0.05) is 0 Å². The molecule has 19 heavy (non-hydrogen) atoms. The van der Waals surface area contributed by atoms with Crippen molar-refractivity contribution >= 4 is 11.4 Å². The summed E-state index contributed by atoms with van der Waals surface area (Å²) < 4.78 is 10.3. The lowest BCUT2D eigenvalue weighted by molar-refractivity contribution is -0.384. The predicted molar refractivity (Wildman–Crippen MR) is 72.0 cm³/mol. The fraction of sp³-hybridized carbons (Fsp3) is 0.538. The first-order valence-corrected chi connectivity index (χ1v) is 6.23. The molecule has 0 heterocycles. The van der Waals surface area contributed by atoms with Gasteiger partial charge in [-0.15, -0.1) is 0 Å². The smallest absolute Gasteiger partial charge is 0.296 e. The van der Waals surface area contributed by atoms with Crippen LogP contribution >= 0.6 is 0 Å². The highest BCUT2D eigenvalue weighted by Gasteiger charge is 2.30. The van der Waals surface area contributed by atoms with Gasteiger partial charge in [0.1, 0.15) is 5.69 Å². The SMILES string of the molecule is COc1cc(NC(C)C2CC2)c([N+](=O)[O-])cc1OC. The number of nitrogens with zero attached hydrogens (tertiary/aromatic N) is 1. The van der Waals surface area contributed by atoms with E-state index in [9.17, 15) is 10.1 Å². The largest absolute Gasteiger partial charge is 0.493 e. The molecule has 1 aromatic carbocycles. The topological polar surface area (TPSA) is 73.6 Å². The summed E-state index contributed by atoms with van der Waals surface area (Å²) in [4.78, 5) is 10.7. The number of nitrogens with one attached hydrogen (secondary N) is 1. The first kappa shape index (κ1) is 13.5. The van der Waals surface area contributed by atoms with E-state index in [2.05, 4.69) is 5.32 Å². The molecule has 0 aromatic heterocycles. The van der Waals surface area contributed by atoms with Gasteiger partial charge in [0.2, 0.25) is 0 Å². The zero-order chi connectivity index (χ0) is 14.0. The Labute approximate surface area is 111 Å². The average Bonchev–Trinajstić information content (AvgIpc) is 3.22. The number of hydrogen-bond acceptors (Lipinski definition) is 5. The zero-order valence-corrected chi connectivity index (χ0v) is 11.3. The minimum absolute atomic E-state index is 0.00477. The van der Waals surface area contributed by atoms with Gasteiger partial charge in [0, 0.05) is 12.1 Å². The van der Waals surface area contributed by atoms with E-state index in [-0.39, 0.29) is 11.7 Å². The summed E-state index contributed by atoms with van der Waals surface area (Å²) in [6.45, 7) is 2.04. The van der Waals surface area contributed by atoms with Gasteiger partial charge in [0.25, 0.3) is 5.69 Å². The number of benzene rings is 1. The molecular weight excluding hydrogens is 248 g/mol. The maximum absolute atomic E-state index is 11.1. The lowest BCUT2D eigenvalue weighted by Crippen LogP contribution is -2.18. The van der Waals surface area contributed by atoms with Crippen LogP contribution in [0.4, 0.5) is 11.4 Å². The Hall–Kier alpha value is -1.98. The number of hydrogen-bond donors (Lipinski definition) is 1. The molecule has 1 aliphatic carbocycles. The Morgan fingerprint density at radius 2 is 1.89 bits per heavy atom. The van der Waals surface area contributed by atoms with Gasteiger partial charge in [0.15, 0.2) is 11.5 Å². The maximum atomic E-state index is 11.1. The van der Waals surface area contributed by atoms with Crippen LogP contribution in [0, 0.1) is 16.0 Å². The summed E-state index contributed by atoms with van der Waals surface area (Å²) in [5, 5.41) is 14.3. The van der Waals surface area contributed by atoms with E-state index >= 15 is 0 Å². The molecule has 1 aromatic rings. The minimum atomic E-state index is -0.413. The molecule has 0 spiro atoms. The number of rotatable bonds is 6. The molecule has 0 amide bonds. The van der Waals surface area contributed by atoms with Crippen molar-refractivity contribution in [1.82, 2.24) is 0 Å². The summed E-state index contributed by atoms with van der Waals surface area (Å²) in [6.07, 6.45) is 2.35. The lowest BCUT2D eigenvalue weighted by atomic mass is 10.1. The molecule has 1 unspecified atom stereocenters. The van der Waals surface area contributed by atoms with Crippen LogP contribution in [0.25, 0.3) is 0 Å². The molecule has 0 radical (unpaired) electrons. The van der Waals surface area contributed by atoms with Gasteiger partial charge in [0.05, 0.1) is 25.2 Å². The van der Waals surface area contributed by atoms with Crippen LogP contribution in [0.5, 0.6) is 11.5 Å². The van der Waals surface area contributed by atoms with Crippen molar-refractivity contribution in [2.24, 2.45) is 5.92 Å². The molecule has 0 bridgehead atoms. The van der Waals surface area contributed by atoms with Gasteiger partial charge in [-0.05, 0) is 25.7 Å². The quantitative estimate of drug-likeness (QED) is 0.633. The fourth-order valence-corrected chi connectivity index (χ4v) is 2.09. The predicted octanol–water partition coefficient (Wildman–Crippen LogP) is 2.82. The molecule has 1 saturated carbocycles. The second kappa shape index (κ2) is 5.34. The molecule has 0 aliphatic heterocycles. The van der Waals surface area contributed by atoms with E-state index in [0.29, 0.717) is 23.1 Å². The monoisotopic (exact) mass is 266 g/mol. The number of nitro groups is 1. The Bertz CT molecular complexity index is 486. The highest BCUT2D eigenvalue weighted by atomic mass is 16.6. The van der Waals surface area contributed by atoms with Crippen molar-refractivity contribution in [3.05, 3.63) is 22.2 Å². The van der Waals surface area contributed by atoms with E-state index < -0.39 is 4.92 Å². The number of ether oxygens (including phenoxy) is 2. The van der Waals surface area contributed by atoms with E-state index in [0.717, 1.165) is 0 Å². The number of methoxy groups -OCH3 is 2. The molecule has 0 saturated heterocycles. The fourth-order valence-electron chi connectivity index (χ4n) is 2.09. The van der Waals surface area contributed by atoms with Gasteiger partial charge in [-0.2, -0.15) is 0 Å². The third-order valence-electron chi connectivity index (χ3n) is 3.41. The molecule has 104 valence electrons. The lowest BCUT2D eigenvalue weighted by Gasteiger charge is -2.16. The van der Waals surface area contributed by atoms with Crippen molar-refractivity contribution in [2.75, 3.05) is 19.5 Å². The van der Waals surface area contributed by atoms with E-state index in [1.165, 1.54) is 33.1 Å². The molecular formula is C13H18N2O4. The molecule has 2 rings (SSSR count). The second-order valence-electron chi connectivity index (χ2n) is 4.75. The average molecular weight is 266 g/mol. The van der Waals surface area contributed by atoms with E-state index in [1.807, 2.05) is 6.92 Å². The second-order valence-corrected chi connectivity index (χ2v) is 4.75. The van der Waals surface area contributed by atoms with Crippen molar-refractivity contribution in [3.8, 4) is 11.5 Å². The molecule has 1 atom stereocenters. The first-order valence-electron chi connectivity index (χ1n) is 6.23. The molecule has 6 nitrogen and oxygen atoms in total. The summed E-state index contributed by atoms with van der Waals surface area (Å²) >= 11 is 0. The Morgan fingerprint density at radius 1 is 1.32 bits per heavy atom. The van der Waals surface area contributed by atoms with Gasteiger partial charge < -0.3 is 14.8 Å². The van der Waals surface area contributed by atoms with Crippen molar-refractivity contribution in [1.29, 1.82) is 0 Å². The number of nitro benzene ring substituents is 1. The third kappa shape index (κ3) is 2.89. The molecule has 6 heteroatoms. The zero-order valence-electron chi connectivity index (χ0n) is 11.3. The van der Waals surface area contributed by atoms with Crippen LogP contribution in [0.1, 0.15) is 19.8 Å². The Morgan fingerprint density at radius 3 is 2.37 bits per heavy atom. The van der Waals surface area contributed by atoms with Crippen LogP contribution in [0.3, 0.4) is 0 Å². The standard InChI is InChI=1S/C13H18N2O4/c1-8(9-4-5-9)14-10-6-12(18-2)13(19-3)7-11(10)15(16)17/h6-9,14H,4-5H2,1-3H3. The summed E-state index contributed by atoms with van der Waals surface area (Å²) in [5.41, 5.74) is 0.479. The van der Waals surface area contributed by atoms with Gasteiger partial charge in [-0.3, -0.25) is 10.1 Å². The first-order chi connectivity index (χ1) is 9.06. The van der Waals surface area contributed by atoms with Crippen LogP contribution < -0.4 is 14.8 Å². The van der Waals surface area contributed by atoms with E-state index in [4.69, 9.17) is 9.47 Å². The van der Waals surface area contributed by atoms with Crippen LogP contribution in [0.2, 0.25) is 0 Å². The Kier molecular flexibility index (Phi) is 3.78. The highest BCUT2D eigenvalue weighted by molar-refractivity contribution is 5.68. The van der Waals surface area contributed by atoms with Crippen LogP contribution in [0.15, 0.2) is 12.1 Å². The minimum Gasteiger partial charge on any atom is -0.493 e. The van der Waals surface area contributed by atoms with Gasteiger partial charge in [-0.25, -0.2) is 0 Å². The van der Waals surface area contributed by atoms with Crippen LogP contribution in [-0.2, 0) is 0 Å². The van der Waals surface area contributed by atoms with Crippen LogP contribution in [-0.4, -0.2) is 25.2 Å². The number of anilines is 1. The Balaban J connectivity index is 2.35. The third-order valence-corrected chi connectivity index (χ3v) is 3.41.